The van der Waals surface area contributed by atoms with Crippen molar-refractivity contribution in [1.29, 1.82) is 0 Å². The van der Waals surface area contributed by atoms with Crippen molar-refractivity contribution >= 4 is 16.9 Å². The molecule has 0 aromatic carbocycles. The second-order valence-electron chi connectivity index (χ2n) is 4.34. The van der Waals surface area contributed by atoms with E-state index in [0.29, 0.717) is 0 Å². The minimum absolute atomic E-state index is 0.0242. The monoisotopic (exact) mass is 261 g/mol. The Hall–Kier alpha value is -0.340. The number of fused-ring (bicyclic) bond motifs is 1. The van der Waals surface area contributed by atoms with E-state index in [9.17, 15) is 10.2 Å². The molecule has 0 radical (unpaired) electrons. The number of aliphatic hydroxyl groups is 2. The maximum Gasteiger partial charge on any atom is 0.159 e. The molecule has 2 fully saturated rings. The Kier molecular flexibility index (Phi) is 3.94. The number of nitrogens with one attached hydrogen (secondary N) is 2. The molecule has 2 saturated heterocycles. The van der Waals surface area contributed by atoms with Crippen LogP contribution in [0.1, 0.15) is 6.92 Å². The minimum atomic E-state index is -0.900. The summed E-state index contributed by atoms with van der Waals surface area (Å²) < 4.78 is 5.82. The summed E-state index contributed by atoms with van der Waals surface area (Å²) in [6, 6.07) is -0.321. The van der Waals surface area contributed by atoms with Gasteiger partial charge in [-0.25, -0.2) is 0 Å². The lowest BCUT2D eigenvalue weighted by Crippen LogP contribution is -2.62. The van der Waals surface area contributed by atoms with Crippen molar-refractivity contribution in [3.63, 3.8) is 0 Å². The first-order chi connectivity index (χ1) is 8.08. The number of hydrogen-bond donors (Lipinski definition) is 4. The normalized spacial score (nSPS) is 45.5. The molecular formula is C10H19N3O3S. The third kappa shape index (κ3) is 2.30. The zero-order valence-electron chi connectivity index (χ0n) is 10.1. The maximum atomic E-state index is 10.1. The Balaban J connectivity index is 2.13. The lowest BCUT2D eigenvalue weighted by atomic mass is 9.94. The van der Waals surface area contributed by atoms with Gasteiger partial charge in [0.05, 0.1) is 6.04 Å². The van der Waals surface area contributed by atoms with Crippen LogP contribution in [-0.4, -0.2) is 65.3 Å². The van der Waals surface area contributed by atoms with Gasteiger partial charge in [0, 0.05) is 13.1 Å². The van der Waals surface area contributed by atoms with E-state index in [-0.39, 0.29) is 17.5 Å². The first-order valence-electron chi connectivity index (χ1n) is 5.67. The average molecular weight is 261 g/mol. The van der Waals surface area contributed by atoms with Gasteiger partial charge in [-0.05, 0) is 14.0 Å². The van der Waals surface area contributed by atoms with Gasteiger partial charge in [0.15, 0.2) is 5.17 Å². The number of likely N-dealkylation sites (N-methyl/N-ethyl adjacent to an activating group) is 1. The van der Waals surface area contributed by atoms with Crippen molar-refractivity contribution in [2.45, 2.75) is 42.8 Å². The van der Waals surface area contributed by atoms with Gasteiger partial charge in [-0.2, -0.15) is 0 Å². The molecule has 0 aliphatic carbocycles. The summed E-state index contributed by atoms with van der Waals surface area (Å²) in [4.78, 5) is 4.04. The molecule has 0 saturated carbocycles. The molecule has 2 heterocycles. The van der Waals surface area contributed by atoms with Crippen molar-refractivity contribution in [2.24, 2.45) is 4.99 Å². The fourth-order valence-electron chi connectivity index (χ4n) is 2.12. The van der Waals surface area contributed by atoms with Gasteiger partial charge in [-0.1, -0.05) is 11.8 Å². The van der Waals surface area contributed by atoms with Gasteiger partial charge in [0.1, 0.15) is 23.7 Å². The molecule has 98 valence electrons. The molecule has 0 amide bonds. The third-order valence-electron chi connectivity index (χ3n) is 3.31. The predicted octanol–water partition coefficient (Wildman–Crippen LogP) is -1.27. The van der Waals surface area contributed by atoms with Crippen molar-refractivity contribution in [2.75, 3.05) is 14.1 Å². The summed E-state index contributed by atoms with van der Waals surface area (Å²) >= 11 is 1.45. The number of ether oxygens (including phenoxy) is 1. The van der Waals surface area contributed by atoms with Crippen LogP contribution >= 0.6 is 11.8 Å². The van der Waals surface area contributed by atoms with Crippen LogP contribution in [0.25, 0.3) is 0 Å². The SMILES string of the molecule is CN=C1N[C@@H]2[C@@H](O)[C@H](O)[C@@H]([C@@H](C)NC)O[C@@H]2S1. The number of amidine groups is 1. The van der Waals surface area contributed by atoms with Gasteiger partial charge in [0.25, 0.3) is 0 Å². The summed E-state index contributed by atoms with van der Waals surface area (Å²) in [6.45, 7) is 1.92. The highest BCUT2D eigenvalue weighted by Crippen LogP contribution is 2.34. The molecule has 0 bridgehead atoms. The van der Waals surface area contributed by atoms with Gasteiger partial charge in [-0.15, -0.1) is 0 Å². The molecule has 0 aromatic heterocycles. The van der Waals surface area contributed by atoms with Crippen LogP contribution in [0.5, 0.6) is 0 Å². The van der Waals surface area contributed by atoms with E-state index in [1.54, 1.807) is 14.1 Å². The first-order valence-corrected chi connectivity index (χ1v) is 6.55. The predicted molar refractivity (Wildman–Crippen MR) is 67.1 cm³/mol. The third-order valence-corrected chi connectivity index (χ3v) is 4.47. The van der Waals surface area contributed by atoms with E-state index in [4.69, 9.17) is 4.74 Å². The Labute approximate surface area is 105 Å². The van der Waals surface area contributed by atoms with E-state index in [1.807, 2.05) is 6.92 Å². The van der Waals surface area contributed by atoms with Gasteiger partial charge < -0.3 is 25.6 Å². The van der Waals surface area contributed by atoms with Gasteiger partial charge >= 0.3 is 0 Å². The van der Waals surface area contributed by atoms with E-state index in [0.717, 1.165) is 5.17 Å². The van der Waals surface area contributed by atoms with Crippen molar-refractivity contribution in [1.82, 2.24) is 10.6 Å². The Morgan fingerprint density at radius 1 is 1.47 bits per heavy atom. The topological polar surface area (TPSA) is 86.1 Å². The van der Waals surface area contributed by atoms with Crippen LogP contribution in [0.15, 0.2) is 4.99 Å². The standard InChI is InChI=1S/C10H19N3O3S/c1-4(11-2)8-7(15)6(14)5-9(16-8)17-10(12-3)13-5/h4-9,11,14-15H,1-3H3,(H,12,13)/t4-,5-,6-,7+,8-,9-/m1/s1. The van der Waals surface area contributed by atoms with E-state index in [2.05, 4.69) is 15.6 Å². The Morgan fingerprint density at radius 3 is 2.76 bits per heavy atom. The molecule has 2 rings (SSSR count). The summed E-state index contributed by atoms with van der Waals surface area (Å²) in [5.41, 5.74) is -0.201. The van der Waals surface area contributed by atoms with E-state index < -0.39 is 18.3 Å². The molecule has 2 aliphatic heterocycles. The van der Waals surface area contributed by atoms with Crippen LogP contribution in [-0.2, 0) is 4.74 Å². The molecule has 0 unspecified atom stereocenters. The average Bonchev–Trinajstić information content (AvgIpc) is 2.76. The van der Waals surface area contributed by atoms with E-state index in [1.165, 1.54) is 11.8 Å². The van der Waals surface area contributed by atoms with Crippen molar-refractivity contribution in [3.8, 4) is 0 Å². The highest BCUT2D eigenvalue weighted by Gasteiger charge is 2.49. The summed E-state index contributed by atoms with van der Waals surface area (Å²) in [5, 5.41) is 27.0. The smallest absolute Gasteiger partial charge is 0.159 e. The molecule has 4 N–H and O–H groups in total. The minimum Gasteiger partial charge on any atom is -0.388 e. The number of hydrogen-bond acceptors (Lipinski definition) is 6. The summed E-state index contributed by atoms with van der Waals surface area (Å²) in [5.74, 6) is 0. The van der Waals surface area contributed by atoms with Gasteiger partial charge in [0.2, 0.25) is 0 Å². The van der Waals surface area contributed by atoms with E-state index >= 15 is 0 Å². The highest BCUT2D eigenvalue weighted by atomic mass is 32.2. The van der Waals surface area contributed by atoms with Crippen molar-refractivity contribution in [3.05, 3.63) is 0 Å². The fraction of sp³-hybridized carbons (Fsp3) is 0.900. The van der Waals surface area contributed by atoms with Crippen LogP contribution in [0.4, 0.5) is 0 Å². The molecular weight excluding hydrogens is 242 g/mol. The molecule has 6 atom stereocenters. The number of aliphatic hydroxyl groups excluding tert-OH is 2. The van der Waals surface area contributed by atoms with Crippen LogP contribution in [0, 0.1) is 0 Å². The fourth-order valence-corrected chi connectivity index (χ4v) is 3.21. The Bertz CT molecular complexity index is 315. The lowest BCUT2D eigenvalue weighted by molar-refractivity contribution is -0.163. The summed E-state index contributed by atoms with van der Waals surface area (Å²) in [7, 11) is 3.49. The van der Waals surface area contributed by atoms with Gasteiger partial charge in [-0.3, -0.25) is 4.99 Å². The number of aliphatic imine (C=N–C) groups is 1. The quantitative estimate of drug-likeness (QED) is 0.496. The molecule has 0 aromatic rings. The number of thioether (sulfide) groups is 1. The molecule has 0 spiro atoms. The largest absolute Gasteiger partial charge is 0.388 e. The van der Waals surface area contributed by atoms with Crippen LogP contribution in [0.3, 0.4) is 0 Å². The second-order valence-corrected chi connectivity index (χ2v) is 5.43. The maximum absolute atomic E-state index is 10.1. The van der Waals surface area contributed by atoms with Crippen LogP contribution < -0.4 is 10.6 Å². The molecule has 17 heavy (non-hydrogen) atoms. The lowest BCUT2D eigenvalue weighted by Gasteiger charge is -2.41. The zero-order valence-corrected chi connectivity index (χ0v) is 10.9. The number of nitrogens with zero attached hydrogens (tertiary/aromatic N) is 1. The van der Waals surface area contributed by atoms with Crippen molar-refractivity contribution < 1.29 is 14.9 Å². The zero-order chi connectivity index (χ0) is 12.6. The molecule has 7 heteroatoms. The Morgan fingerprint density at radius 2 is 2.18 bits per heavy atom. The second kappa shape index (κ2) is 5.11. The molecule has 6 nitrogen and oxygen atoms in total. The van der Waals surface area contributed by atoms with Crippen LogP contribution in [0.2, 0.25) is 0 Å². The number of rotatable bonds is 2. The highest BCUT2D eigenvalue weighted by molar-refractivity contribution is 8.14. The molecule has 2 aliphatic rings. The first kappa shape index (κ1) is 13.1. The summed E-state index contributed by atoms with van der Waals surface area (Å²) in [6.07, 6.45) is -2.16.